The Hall–Kier alpha value is -1.73. The summed E-state index contributed by atoms with van der Waals surface area (Å²) in [5.74, 6) is 1.11. The highest BCUT2D eigenvalue weighted by Crippen LogP contribution is 2.47. The van der Waals surface area contributed by atoms with Gasteiger partial charge in [0.25, 0.3) is 6.47 Å². The van der Waals surface area contributed by atoms with Crippen LogP contribution in [0.4, 0.5) is 0 Å². The molecular weight excluding hydrogens is 374 g/mol. The van der Waals surface area contributed by atoms with Crippen LogP contribution in [0.1, 0.15) is 61.8 Å². The Bertz CT molecular complexity index is 830. The largest absolute Gasteiger partial charge is 0.474 e. The van der Waals surface area contributed by atoms with Crippen molar-refractivity contribution in [1.82, 2.24) is 14.9 Å². The highest BCUT2D eigenvalue weighted by atomic mass is 32.1. The molecule has 0 saturated heterocycles. The Morgan fingerprint density at radius 2 is 2.04 bits per heavy atom. The minimum absolute atomic E-state index is 0.0845. The molecule has 2 aromatic heterocycles. The summed E-state index contributed by atoms with van der Waals surface area (Å²) >= 11 is 1.76. The maximum absolute atomic E-state index is 10.7. The van der Waals surface area contributed by atoms with Gasteiger partial charge in [0.2, 0.25) is 5.88 Å². The van der Waals surface area contributed by atoms with E-state index in [1.165, 1.54) is 10.4 Å². The number of hydrogen-bond acceptors (Lipinski definition) is 7. The molecule has 2 atom stereocenters. The Morgan fingerprint density at radius 1 is 1.25 bits per heavy atom. The predicted octanol–water partition coefficient (Wildman–Crippen LogP) is 3.92. The first-order valence-electron chi connectivity index (χ1n) is 10.2. The monoisotopic (exact) mass is 403 g/mol. The van der Waals surface area contributed by atoms with Gasteiger partial charge in [0.15, 0.2) is 0 Å². The van der Waals surface area contributed by atoms with Crippen molar-refractivity contribution < 1.29 is 14.3 Å². The maximum atomic E-state index is 10.7. The number of aryl methyl sites for hydroxylation is 1. The Morgan fingerprint density at radius 3 is 2.75 bits per heavy atom. The molecular formula is C21H29N3O3S. The van der Waals surface area contributed by atoms with Crippen molar-refractivity contribution in [3.8, 4) is 5.88 Å². The average Bonchev–Trinajstić information content (AvgIpc) is 3.22. The molecule has 2 aromatic rings. The van der Waals surface area contributed by atoms with Crippen molar-refractivity contribution >= 4 is 28.0 Å². The van der Waals surface area contributed by atoms with Crippen LogP contribution in [0, 0.1) is 0 Å². The third-order valence-corrected chi connectivity index (χ3v) is 7.43. The molecule has 0 N–H and O–H groups in total. The van der Waals surface area contributed by atoms with Crippen molar-refractivity contribution in [3.63, 3.8) is 0 Å². The van der Waals surface area contributed by atoms with Crippen LogP contribution in [0.2, 0.25) is 0 Å². The standard InChI is InChI=1S/C21H29N3O3S/c1-13(26-12-25)10-14-4-9-17-18(14)19-20(22-11-23-21(19)28-17)27-16-7-5-15(6-8-16)24(2)3/h11-16H,4-10H2,1-3H3/t13-,14+,15?,16?/m0/s1. The molecule has 1 fully saturated rings. The Balaban J connectivity index is 1.56. The van der Waals surface area contributed by atoms with Crippen LogP contribution in [0.5, 0.6) is 5.88 Å². The molecule has 0 amide bonds. The van der Waals surface area contributed by atoms with Gasteiger partial charge in [-0.2, -0.15) is 0 Å². The van der Waals surface area contributed by atoms with Gasteiger partial charge in [-0.1, -0.05) is 0 Å². The van der Waals surface area contributed by atoms with Crippen molar-refractivity contribution in [2.75, 3.05) is 14.1 Å². The van der Waals surface area contributed by atoms with Crippen molar-refractivity contribution in [1.29, 1.82) is 0 Å². The van der Waals surface area contributed by atoms with Crippen LogP contribution >= 0.6 is 11.3 Å². The number of carbonyl (C=O) groups excluding carboxylic acids is 1. The second-order valence-corrected chi connectivity index (χ2v) is 9.41. The van der Waals surface area contributed by atoms with Crippen molar-refractivity contribution in [2.45, 2.75) is 76.0 Å². The predicted molar refractivity (Wildman–Crippen MR) is 110 cm³/mol. The lowest BCUT2D eigenvalue weighted by atomic mass is 9.92. The van der Waals surface area contributed by atoms with E-state index in [2.05, 4.69) is 29.0 Å². The van der Waals surface area contributed by atoms with E-state index in [1.54, 1.807) is 17.7 Å². The van der Waals surface area contributed by atoms with Crippen molar-refractivity contribution in [3.05, 3.63) is 16.8 Å². The second-order valence-electron chi connectivity index (χ2n) is 8.32. The minimum Gasteiger partial charge on any atom is -0.474 e. The summed E-state index contributed by atoms with van der Waals surface area (Å²) in [6.07, 6.45) is 9.20. The zero-order valence-electron chi connectivity index (χ0n) is 16.9. The van der Waals surface area contributed by atoms with Gasteiger partial charge >= 0.3 is 0 Å². The summed E-state index contributed by atoms with van der Waals surface area (Å²) in [5, 5.41) is 1.10. The van der Waals surface area contributed by atoms with E-state index in [1.807, 2.05) is 6.92 Å². The van der Waals surface area contributed by atoms with E-state index < -0.39 is 0 Å². The Kier molecular flexibility index (Phi) is 5.83. The van der Waals surface area contributed by atoms with Gasteiger partial charge in [-0.3, -0.25) is 4.79 Å². The quantitative estimate of drug-likeness (QED) is 0.653. The number of carbonyl (C=O) groups is 1. The van der Waals surface area contributed by atoms with E-state index >= 15 is 0 Å². The molecule has 2 heterocycles. The lowest BCUT2D eigenvalue weighted by Gasteiger charge is -2.32. The maximum Gasteiger partial charge on any atom is 0.293 e. The fourth-order valence-corrected chi connectivity index (χ4v) is 5.99. The molecule has 6 nitrogen and oxygen atoms in total. The molecule has 0 spiro atoms. The lowest BCUT2D eigenvalue weighted by molar-refractivity contribution is -0.133. The fraction of sp³-hybridized carbons (Fsp3) is 0.667. The molecule has 7 heteroatoms. The number of nitrogens with zero attached hydrogens (tertiary/aromatic N) is 3. The van der Waals surface area contributed by atoms with Gasteiger partial charge in [0, 0.05) is 10.9 Å². The zero-order valence-corrected chi connectivity index (χ0v) is 17.7. The molecule has 0 aromatic carbocycles. The second kappa shape index (κ2) is 8.33. The van der Waals surface area contributed by atoms with Crippen LogP contribution in [-0.2, 0) is 16.0 Å². The van der Waals surface area contributed by atoms with E-state index in [-0.39, 0.29) is 12.2 Å². The van der Waals surface area contributed by atoms with Gasteiger partial charge in [-0.15, -0.1) is 11.3 Å². The smallest absolute Gasteiger partial charge is 0.293 e. The van der Waals surface area contributed by atoms with Crippen molar-refractivity contribution in [2.24, 2.45) is 0 Å². The van der Waals surface area contributed by atoms with Crippen LogP contribution in [-0.4, -0.2) is 53.7 Å². The van der Waals surface area contributed by atoms with Crippen LogP contribution in [0.3, 0.4) is 0 Å². The van der Waals surface area contributed by atoms with E-state index in [0.29, 0.717) is 18.4 Å². The van der Waals surface area contributed by atoms with Gasteiger partial charge in [-0.25, -0.2) is 9.97 Å². The lowest BCUT2D eigenvalue weighted by Crippen LogP contribution is -2.35. The summed E-state index contributed by atoms with van der Waals surface area (Å²) < 4.78 is 11.6. The van der Waals surface area contributed by atoms with Crippen LogP contribution in [0.25, 0.3) is 10.2 Å². The SMILES string of the molecule is C[C@@H](C[C@H]1CCc2sc3ncnc(OC4CCC(N(C)C)CC4)c3c21)OC=O. The summed E-state index contributed by atoms with van der Waals surface area (Å²) in [6.45, 7) is 2.51. The number of fused-ring (bicyclic) bond motifs is 3. The van der Waals surface area contributed by atoms with Gasteiger partial charge < -0.3 is 14.4 Å². The summed E-state index contributed by atoms with van der Waals surface area (Å²) in [6, 6.07) is 0.652. The molecule has 152 valence electrons. The average molecular weight is 404 g/mol. The third-order valence-electron chi connectivity index (χ3n) is 6.25. The highest BCUT2D eigenvalue weighted by Gasteiger charge is 2.32. The fourth-order valence-electron chi connectivity index (χ4n) is 4.75. The number of hydrogen-bond donors (Lipinski definition) is 0. The minimum atomic E-state index is -0.0845. The third kappa shape index (κ3) is 3.87. The van der Waals surface area contributed by atoms with Gasteiger partial charge in [0.05, 0.1) is 11.5 Å². The van der Waals surface area contributed by atoms with Crippen LogP contribution in [0.15, 0.2) is 6.33 Å². The first-order valence-corrected chi connectivity index (χ1v) is 11.1. The Labute approximate surface area is 170 Å². The number of thiophene rings is 1. The van der Waals surface area contributed by atoms with E-state index in [4.69, 9.17) is 9.47 Å². The van der Waals surface area contributed by atoms with Gasteiger partial charge in [-0.05, 0) is 77.4 Å². The molecule has 4 rings (SSSR count). The topological polar surface area (TPSA) is 64.6 Å². The molecule has 2 aliphatic rings. The summed E-state index contributed by atoms with van der Waals surface area (Å²) in [5.41, 5.74) is 1.33. The molecule has 0 radical (unpaired) electrons. The molecule has 0 unspecified atom stereocenters. The highest BCUT2D eigenvalue weighted by molar-refractivity contribution is 7.19. The summed E-state index contributed by atoms with van der Waals surface area (Å²) in [4.78, 5) is 24.4. The number of rotatable bonds is 7. The van der Waals surface area contributed by atoms with E-state index in [9.17, 15) is 4.79 Å². The zero-order chi connectivity index (χ0) is 19.7. The first-order chi connectivity index (χ1) is 13.6. The molecule has 0 bridgehead atoms. The molecule has 2 aliphatic carbocycles. The van der Waals surface area contributed by atoms with E-state index in [0.717, 1.165) is 61.0 Å². The molecule has 1 saturated carbocycles. The number of aromatic nitrogens is 2. The normalized spacial score (nSPS) is 25.6. The van der Waals surface area contributed by atoms with Gasteiger partial charge in [0.1, 0.15) is 17.3 Å². The molecule has 0 aliphatic heterocycles. The number of ether oxygens (including phenoxy) is 2. The van der Waals surface area contributed by atoms with Crippen LogP contribution < -0.4 is 4.74 Å². The molecule has 28 heavy (non-hydrogen) atoms. The summed E-state index contributed by atoms with van der Waals surface area (Å²) in [7, 11) is 4.31. The first kappa shape index (κ1) is 19.6.